The molecule has 2 aromatic rings. The van der Waals surface area contributed by atoms with Crippen molar-refractivity contribution in [1.29, 1.82) is 5.26 Å². The van der Waals surface area contributed by atoms with E-state index < -0.39 is 33.7 Å². The average molecular weight is 625 g/mol. The molecule has 1 aliphatic heterocycles. The van der Waals surface area contributed by atoms with Gasteiger partial charge in [0, 0.05) is 31.8 Å². The molecule has 1 atom stereocenters. The lowest BCUT2D eigenvalue weighted by Crippen LogP contribution is -2.43. The second-order valence-corrected chi connectivity index (χ2v) is 14.0. The maximum Gasteiger partial charge on any atom is 0.340 e. The number of benzene rings is 1. The fourth-order valence-electron chi connectivity index (χ4n) is 5.15. The van der Waals surface area contributed by atoms with Crippen molar-refractivity contribution in [3.63, 3.8) is 0 Å². The molecule has 1 fully saturated rings. The van der Waals surface area contributed by atoms with Crippen molar-refractivity contribution in [3.05, 3.63) is 58.8 Å². The van der Waals surface area contributed by atoms with E-state index in [9.17, 15) is 32.9 Å². The number of nitriles is 1. The van der Waals surface area contributed by atoms with Crippen LogP contribution in [0.3, 0.4) is 0 Å². The number of ether oxygens (including phenoxy) is 1. The zero-order valence-corrected chi connectivity index (χ0v) is 26.7. The molecule has 1 aromatic carbocycles. The summed E-state index contributed by atoms with van der Waals surface area (Å²) in [6.45, 7) is 9.31. The van der Waals surface area contributed by atoms with E-state index in [1.54, 1.807) is 42.2 Å². The van der Waals surface area contributed by atoms with Crippen LogP contribution in [-0.4, -0.2) is 56.5 Å². The van der Waals surface area contributed by atoms with Crippen LogP contribution in [0.25, 0.3) is 0 Å². The van der Waals surface area contributed by atoms with E-state index in [0.717, 1.165) is 0 Å². The molecule has 1 unspecified atom stereocenters. The number of nitrogens with zero attached hydrogens (tertiary/aromatic N) is 3. The first kappa shape index (κ1) is 34.4. The van der Waals surface area contributed by atoms with Crippen LogP contribution >= 0.6 is 0 Å². The first-order valence-corrected chi connectivity index (χ1v) is 16.3. The van der Waals surface area contributed by atoms with E-state index in [1.165, 1.54) is 13.0 Å². The van der Waals surface area contributed by atoms with Gasteiger partial charge >= 0.3 is 5.97 Å². The summed E-state index contributed by atoms with van der Waals surface area (Å²) in [7, 11) is -3.89. The van der Waals surface area contributed by atoms with Gasteiger partial charge in [0.1, 0.15) is 23.5 Å². The summed E-state index contributed by atoms with van der Waals surface area (Å²) in [5.41, 5.74) is 0.499. The Morgan fingerprint density at radius 2 is 1.77 bits per heavy atom. The Balaban J connectivity index is 1.83. The lowest BCUT2D eigenvalue weighted by Gasteiger charge is -2.33. The van der Waals surface area contributed by atoms with Crippen molar-refractivity contribution in [3.8, 4) is 6.07 Å². The molecule has 44 heavy (non-hydrogen) atoms. The second kappa shape index (κ2) is 14.6. The van der Waals surface area contributed by atoms with Crippen molar-refractivity contribution in [1.82, 2.24) is 9.71 Å². The lowest BCUT2D eigenvalue weighted by molar-refractivity contribution is -0.132. The highest BCUT2D eigenvalue weighted by atomic mass is 32.2. The van der Waals surface area contributed by atoms with Gasteiger partial charge in [-0.1, -0.05) is 51.1 Å². The lowest BCUT2D eigenvalue weighted by atomic mass is 9.82. The minimum atomic E-state index is -3.89. The summed E-state index contributed by atoms with van der Waals surface area (Å²) in [6.07, 6.45) is 0.629. The molecule has 1 N–H and O–H groups in total. The minimum absolute atomic E-state index is 0.0137. The summed E-state index contributed by atoms with van der Waals surface area (Å²) in [4.78, 5) is 57.9. The topological polar surface area (TPSA) is 164 Å². The van der Waals surface area contributed by atoms with Crippen LogP contribution in [0.1, 0.15) is 81.1 Å². The molecule has 2 heterocycles. The Kier molecular flexibility index (Phi) is 11.4. The average Bonchev–Trinajstić information content (AvgIpc) is 2.94. The minimum Gasteiger partial charge on any atom is -0.462 e. The SMILES string of the molecule is CCOC(=O)c1cc(C#N)c(N2CCC(C(=O)NS(=O)(=O)Cc3ccccc3)CC2)nc1CC(C(C)=O)C(=O)CC(C)(C)C. The van der Waals surface area contributed by atoms with Crippen LogP contribution in [-0.2, 0) is 41.3 Å². The molecule has 0 radical (unpaired) electrons. The fraction of sp³-hybridized carbons (Fsp3) is 0.500. The number of nitrogens with one attached hydrogen (secondary N) is 1. The summed E-state index contributed by atoms with van der Waals surface area (Å²) in [5, 5.41) is 9.94. The van der Waals surface area contributed by atoms with E-state index >= 15 is 0 Å². The molecule has 0 aliphatic carbocycles. The number of hydrogen-bond donors (Lipinski definition) is 1. The van der Waals surface area contributed by atoms with E-state index in [2.05, 4.69) is 15.8 Å². The maximum absolute atomic E-state index is 13.1. The van der Waals surface area contributed by atoms with Crippen LogP contribution in [0.4, 0.5) is 5.82 Å². The van der Waals surface area contributed by atoms with E-state index in [4.69, 9.17) is 4.74 Å². The molecule has 236 valence electrons. The Morgan fingerprint density at radius 3 is 2.32 bits per heavy atom. The number of rotatable bonds is 12. The Hall–Kier alpha value is -4.11. The summed E-state index contributed by atoms with van der Waals surface area (Å²) < 4.78 is 32.5. The van der Waals surface area contributed by atoms with Gasteiger partial charge in [-0.15, -0.1) is 0 Å². The van der Waals surface area contributed by atoms with Gasteiger partial charge in [0.05, 0.1) is 35.1 Å². The molecule has 0 spiro atoms. The van der Waals surface area contributed by atoms with E-state index in [0.29, 0.717) is 18.4 Å². The Morgan fingerprint density at radius 1 is 1.14 bits per heavy atom. The number of aromatic nitrogens is 1. The number of piperidine rings is 1. The van der Waals surface area contributed by atoms with Gasteiger partial charge in [-0.3, -0.25) is 19.1 Å². The predicted molar refractivity (Wildman–Crippen MR) is 164 cm³/mol. The zero-order valence-electron chi connectivity index (χ0n) is 25.9. The van der Waals surface area contributed by atoms with Gasteiger partial charge < -0.3 is 9.64 Å². The third-order valence-corrected chi connectivity index (χ3v) is 8.53. The smallest absolute Gasteiger partial charge is 0.340 e. The fourth-order valence-corrected chi connectivity index (χ4v) is 6.32. The second-order valence-electron chi connectivity index (χ2n) is 12.2. The maximum atomic E-state index is 13.1. The largest absolute Gasteiger partial charge is 0.462 e. The van der Waals surface area contributed by atoms with Crippen molar-refractivity contribution in [2.75, 3.05) is 24.6 Å². The van der Waals surface area contributed by atoms with Gasteiger partial charge in [-0.25, -0.2) is 18.2 Å². The van der Waals surface area contributed by atoms with Crippen LogP contribution < -0.4 is 9.62 Å². The highest BCUT2D eigenvalue weighted by Gasteiger charge is 2.33. The first-order chi connectivity index (χ1) is 20.6. The molecule has 11 nitrogen and oxygen atoms in total. The summed E-state index contributed by atoms with van der Waals surface area (Å²) >= 11 is 0. The molecule has 1 aliphatic rings. The van der Waals surface area contributed by atoms with Crippen molar-refractivity contribution in [2.24, 2.45) is 17.3 Å². The third kappa shape index (κ3) is 9.44. The molecule has 1 amide bonds. The Bertz CT molecular complexity index is 1530. The monoisotopic (exact) mass is 624 g/mol. The highest BCUT2D eigenvalue weighted by molar-refractivity contribution is 7.89. The van der Waals surface area contributed by atoms with Crippen LogP contribution in [0.5, 0.6) is 0 Å². The summed E-state index contributed by atoms with van der Waals surface area (Å²) in [6, 6.07) is 12.0. The first-order valence-electron chi connectivity index (χ1n) is 14.6. The Labute approximate surface area is 259 Å². The standard InChI is InChI=1S/C32H40N4O7S/c1-6-43-31(40)26-16-24(19-33)29(34-27(26)17-25(21(2)37)28(38)18-32(3,4)5)36-14-12-23(13-15-36)30(39)35-44(41,42)20-22-10-8-7-9-11-22/h7-11,16,23,25H,6,12-15,17-18,20H2,1-5H3,(H,35,39). The highest BCUT2D eigenvalue weighted by Crippen LogP contribution is 2.30. The number of sulfonamides is 1. The van der Waals surface area contributed by atoms with Crippen LogP contribution in [0, 0.1) is 28.6 Å². The number of ketones is 2. The van der Waals surface area contributed by atoms with Crippen molar-refractivity contribution >= 4 is 39.3 Å². The van der Waals surface area contributed by atoms with Gasteiger partial charge in [-0.05, 0) is 43.7 Å². The number of carbonyl (C=O) groups is 4. The van der Waals surface area contributed by atoms with Crippen LogP contribution in [0.15, 0.2) is 36.4 Å². The number of esters is 1. The molecular formula is C32H40N4O7S. The molecule has 1 aromatic heterocycles. The molecule has 1 saturated heterocycles. The molecule has 12 heteroatoms. The van der Waals surface area contributed by atoms with Crippen molar-refractivity contribution in [2.45, 2.75) is 66.1 Å². The van der Waals surface area contributed by atoms with Crippen LogP contribution in [0.2, 0.25) is 0 Å². The zero-order chi connectivity index (χ0) is 32.7. The number of hydrogen-bond acceptors (Lipinski definition) is 10. The van der Waals surface area contributed by atoms with Gasteiger partial charge in [-0.2, -0.15) is 5.26 Å². The molecule has 3 rings (SSSR count). The predicted octanol–water partition coefficient (Wildman–Crippen LogP) is 3.75. The molecule has 0 saturated carbocycles. The summed E-state index contributed by atoms with van der Waals surface area (Å²) in [5.74, 6) is -3.57. The third-order valence-electron chi connectivity index (χ3n) is 7.30. The van der Waals surface area contributed by atoms with Gasteiger partial charge in [0.2, 0.25) is 15.9 Å². The van der Waals surface area contributed by atoms with Gasteiger partial charge in [0.15, 0.2) is 0 Å². The van der Waals surface area contributed by atoms with E-state index in [1.807, 2.05) is 20.8 Å². The van der Waals surface area contributed by atoms with E-state index in [-0.39, 0.29) is 77.9 Å². The quantitative estimate of drug-likeness (QED) is 0.272. The molecule has 0 bridgehead atoms. The number of anilines is 1. The number of amides is 1. The normalized spacial score (nSPS) is 14.8. The molecular weight excluding hydrogens is 584 g/mol. The van der Waals surface area contributed by atoms with Crippen molar-refractivity contribution < 1.29 is 32.3 Å². The number of carbonyl (C=O) groups excluding carboxylic acids is 4. The number of pyridine rings is 1. The van der Waals surface area contributed by atoms with Gasteiger partial charge in [0.25, 0.3) is 0 Å². The number of Topliss-reactive ketones (excluding diaryl/α,β-unsaturated/α-hetero) is 2.